The molecule has 0 saturated carbocycles. The topological polar surface area (TPSA) is 93.4 Å². The molecule has 0 radical (unpaired) electrons. The summed E-state index contributed by atoms with van der Waals surface area (Å²) < 4.78 is 6.76. The second kappa shape index (κ2) is 7.40. The van der Waals surface area contributed by atoms with Crippen LogP contribution in [0.15, 0.2) is 43.0 Å². The maximum absolute atomic E-state index is 11.9. The lowest BCUT2D eigenvalue weighted by Crippen LogP contribution is -2.29. The second-order valence-electron chi connectivity index (χ2n) is 5.18. The normalized spacial score (nSPS) is 10.5. The van der Waals surface area contributed by atoms with Crippen molar-refractivity contribution in [3.8, 4) is 5.75 Å². The number of ether oxygens (including phenoxy) is 1. The molecule has 0 atom stereocenters. The van der Waals surface area contributed by atoms with E-state index in [1.807, 2.05) is 18.3 Å². The quantitative estimate of drug-likeness (QED) is 0.675. The molecule has 2 aromatic heterocycles. The first kappa shape index (κ1) is 15.7. The van der Waals surface area contributed by atoms with E-state index in [1.165, 1.54) is 6.33 Å². The lowest BCUT2D eigenvalue weighted by Gasteiger charge is -2.08. The molecule has 0 bridgehead atoms. The number of methoxy groups -OCH3 is 1. The van der Waals surface area contributed by atoms with Crippen molar-refractivity contribution in [3.63, 3.8) is 0 Å². The van der Waals surface area contributed by atoms with Gasteiger partial charge in [-0.1, -0.05) is 6.07 Å². The molecular weight excluding hydrogens is 308 g/mol. The molecule has 0 saturated heterocycles. The van der Waals surface area contributed by atoms with Crippen LogP contribution < -0.4 is 15.4 Å². The summed E-state index contributed by atoms with van der Waals surface area (Å²) in [6.07, 6.45) is 6.73. The van der Waals surface area contributed by atoms with Gasteiger partial charge in [0.05, 0.1) is 7.11 Å². The van der Waals surface area contributed by atoms with Gasteiger partial charge in [-0.05, 0) is 30.5 Å². The number of amides is 2. The van der Waals surface area contributed by atoms with Gasteiger partial charge in [-0.25, -0.2) is 14.3 Å². The predicted molar refractivity (Wildman–Crippen MR) is 89.1 cm³/mol. The fourth-order valence-corrected chi connectivity index (χ4v) is 2.26. The monoisotopic (exact) mass is 326 g/mol. The van der Waals surface area contributed by atoms with Crippen LogP contribution in [0.5, 0.6) is 5.75 Å². The highest BCUT2D eigenvalue weighted by molar-refractivity contribution is 5.89. The van der Waals surface area contributed by atoms with Gasteiger partial charge in [0.1, 0.15) is 12.1 Å². The van der Waals surface area contributed by atoms with Crippen LogP contribution in [-0.2, 0) is 6.42 Å². The lowest BCUT2D eigenvalue weighted by atomic mass is 10.2. The predicted octanol–water partition coefficient (Wildman–Crippen LogP) is 1.89. The average Bonchev–Trinajstić information content (AvgIpc) is 3.06. The minimum Gasteiger partial charge on any atom is -0.497 e. The molecule has 124 valence electrons. The molecule has 3 rings (SSSR count). The van der Waals surface area contributed by atoms with E-state index >= 15 is 0 Å². The molecule has 0 spiro atoms. The lowest BCUT2D eigenvalue weighted by molar-refractivity contribution is 0.252. The van der Waals surface area contributed by atoms with Gasteiger partial charge in [0.15, 0.2) is 0 Å². The van der Waals surface area contributed by atoms with Crippen LogP contribution in [0.4, 0.5) is 10.5 Å². The van der Waals surface area contributed by atoms with Crippen LogP contribution in [0.25, 0.3) is 5.78 Å². The van der Waals surface area contributed by atoms with Gasteiger partial charge >= 0.3 is 6.03 Å². The maximum Gasteiger partial charge on any atom is 0.319 e. The summed E-state index contributed by atoms with van der Waals surface area (Å²) in [5, 5.41) is 9.65. The number of anilines is 1. The van der Waals surface area contributed by atoms with Crippen molar-refractivity contribution in [3.05, 3.63) is 48.5 Å². The van der Waals surface area contributed by atoms with Crippen molar-refractivity contribution in [2.45, 2.75) is 12.8 Å². The van der Waals surface area contributed by atoms with Crippen LogP contribution in [0.3, 0.4) is 0 Å². The number of urea groups is 1. The average molecular weight is 326 g/mol. The third kappa shape index (κ3) is 3.97. The van der Waals surface area contributed by atoms with Crippen LogP contribution >= 0.6 is 0 Å². The molecule has 2 heterocycles. The van der Waals surface area contributed by atoms with Gasteiger partial charge in [0.2, 0.25) is 0 Å². The number of hydrogen-bond acceptors (Lipinski definition) is 5. The van der Waals surface area contributed by atoms with Gasteiger partial charge in [0, 0.05) is 30.7 Å². The van der Waals surface area contributed by atoms with Crippen molar-refractivity contribution in [1.29, 1.82) is 0 Å². The molecule has 3 aromatic rings. The van der Waals surface area contributed by atoms with Gasteiger partial charge in [-0.2, -0.15) is 10.1 Å². The third-order valence-corrected chi connectivity index (χ3v) is 3.44. The maximum atomic E-state index is 11.9. The molecule has 0 fully saturated rings. The second-order valence-corrected chi connectivity index (χ2v) is 5.18. The number of nitrogens with one attached hydrogen (secondary N) is 2. The molecule has 0 aliphatic heterocycles. The number of fused-ring (bicyclic) bond motifs is 1. The number of carbonyl (C=O) groups is 1. The summed E-state index contributed by atoms with van der Waals surface area (Å²) in [6.45, 7) is 0.561. The van der Waals surface area contributed by atoms with Gasteiger partial charge < -0.3 is 15.4 Å². The highest BCUT2D eigenvalue weighted by Gasteiger charge is 2.03. The van der Waals surface area contributed by atoms with Crippen molar-refractivity contribution >= 4 is 17.5 Å². The number of hydrogen-bond donors (Lipinski definition) is 2. The summed E-state index contributed by atoms with van der Waals surface area (Å²) in [5.74, 6) is 1.28. The Morgan fingerprint density at radius 2 is 2.25 bits per heavy atom. The Kier molecular flexibility index (Phi) is 4.85. The van der Waals surface area contributed by atoms with E-state index in [0.717, 1.165) is 18.4 Å². The fourth-order valence-electron chi connectivity index (χ4n) is 2.26. The Labute approximate surface area is 138 Å². The number of aryl methyl sites for hydroxylation is 1. The van der Waals surface area contributed by atoms with Crippen molar-refractivity contribution in [1.82, 2.24) is 24.9 Å². The van der Waals surface area contributed by atoms with E-state index in [2.05, 4.69) is 25.7 Å². The molecular formula is C16H18N6O2. The molecule has 8 heteroatoms. The van der Waals surface area contributed by atoms with Crippen LogP contribution in [-0.4, -0.2) is 39.3 Å². The number of aromatic nitrogens is 4. The van der Waals surface area contributed by atoms with E-state index in [9.17, 15) is 4.79 Å². The van der Waals surface area contributed by atoms with Crippen molar-refractivity contribution in [2.75, 3.05) is 19.0 Å². The highest BCUT2D eigenvalue weighted by atomic mass is 16.5. The van der Waals surface area contributed by atoms with Gasteiger partial charge in [0.25, 0.3) is 5.78 Å². The number of nitrogens with zero attached hydrogens (tertiary/aromatic N) is 4. The van der Waals surface area contributed by atoms with Crippen LogP contribution in [0.1, 0.15) is 12.0 Å². The molecule has 24 heavy (non-hydrogen) atoms. The molecule has 0 aliphatic carbocycles. The van der Waals surface area contributed by atoms with E-state index in [-0.39, 0.29) is 6.03 Å². The van der Waals surface area contributed by atoms with E-state index < -0.39 is 0 Å². The summed E-state index contributed by atoms with van der Waals surface area (Å²) >= 11 is 0. The standard InChI is InChI=1S/C16H18N6O2/c1-24-14-6-2-5-13(8-14)21-16(23)17-7-3-4-12-9-18-15-19-11-20-22(15)10-12/h2,5-6,8-11H,3-4,7H2,1H3,(H2,17,21,23). The molecule has 2 N–H and O–H groups in total. The first-order valence-electron chi connectivity index (χ1n) is 7.58. The summed E-state index contributed by atoms with van der Waals surface area (Å²) in [6, 6.07) is 6.97. The molecule has 2 amide bonds. The first-order valence-corrected chi connectivity index (χ1v) is 7.58. The fraction of sp³-hybridized carbons (Fsp3) is 0.250. The van der Waals surface area contributed by atoms with E-state index in [1.54, 1.807) is 30.0 Å². The SMILES string of the molecule is COc1cccc(NC(=O)NCCCc2cnc3ncnn3c2)c1. The minimum absolute atomic E-state index is 0.242. The Balaban J connectivity index is 1.43. The van der Waals surface area contributed by atoms with Crippen LogP contribution in [0.2, 0.25) is 0 Å². The number of benzene rings is 1. The van der Waals surface area contributed by atoms with Crippen LogP contribution in [0, 0.1) is 0 Å². The highest BCUT2D eigenvalue weighted by Crippen LogP contribution is 2.16. The van der Waals surface area contributed by atoms with Crippen molar-refractivity contribution < 1.29 is 9.53 Å². The third-order valence-electron chi connectivity index (χ3n) is 3.44. The molecule has 0 unspecified atom stereocenters. The zero-order valence-corrected chi connectivity index (χ0v) is 13.3. The Morgan fingerprint density at radius 1 is 1.33 bits per heavy atom. The summed E-state index contributed by atoms with van der Waals surface area (Å²) in [7, 11) is 1.59. The largest absolute Gasteiger partial charge is 0.497 e. The Morgan fingerprint density at radius 3 is 3.12 bits per heavy atom. The van der Waals surface area contributed by atoms with Gasteiger partial charge in [-0.15, -0.1) is 0 Å². The zero-order chi connectivity index (χ0) is 16.8. The van der Waals surface area contributed by atoms with Gasteiger partial charge in [-0.3, -0.25) is 0 Å². The zero-order valence-electron chi connectivity index (χ0n) is 13.3. The Bertz CT molecular complexity index is 832. The number of carbonyl (C=O) groups excluding carboxylic acids is 1. The molecule has 0 aliphatic rings. The molecule has 1 aromatic carbocycles. The summed E-state index contributed by atoms with van der Waals surface area (Å²) in [4.78, 5) is 20.1. The summed E-state index contributed by atoms with van der Waals surface area (Å²) in [5.41, 5.74) is 1.73. The van der Waals surface area contributed by atoms with E-state index in [4.69, 9.17) is 4.74 Å². The first-order chi connectivity index (χ1) is 11.7. The van der Waals surface area contributed by atoms with E-state index in [0.29, 0.717) is 23.8 Å². The van der Waals surface area contributed by atoms with Crippen molar-refractivity contribution in [2.24, 2.45) is 0 Å². The smallest absolute Gasteiger partial charge is 0.319 e. The molecule has 8 nitrogen and oxygen atoms in total. The Hall–Kier alpha value is -3.16. The number of rotatable bonds is 6. The minimum atomic E-state index is -0.242.